The van der Waals surface area contributed by atoms with E-state index in [0.29, 0.717) is 17.1 Å². The number of carbonyl (C=O) groups is 2. The second-order valence-electron chi connectivity index (χ2n) is 6.37. The molecular formula is C19H23N3O4S. The number of nitrogens with zero attached hydrogens (tertiary/aromatic N) is 1. The molecule has 0 aliphatic carbocycles. The maximum atomic E-state index is 12.5. The molecule has 0 atom stereocenters. The number of rotatable bonds is 6. The summed E-state index contributed by atoms with van der Waals surface area (Å²) in [5.74, 6) is -0.732. The first-order valence-corrected chi connectivity index (χ1v) is 10.1. The quantitative estimate of drug-likeness (QED) is 0.794. The van der Waals surface area contributed by atoms with E-state index >= 15 is 0 Å². The van der Waals surface area contributed by atoms with Gasteiger partial charge in [-0.15, -0.1) is 0 Å². The maximum absolute atomic E-state index is 12.5. The van der Waals surface area contributed by atoms with E-state index in [1.165, 1.54) is 13.0 Å². The van der Waals surface area contributed by atoms with Crippen LogP contribution < -0.4 is 14.9 Å². The van der Waals surface area contributed by atoms with Crippen molar-refractivity contribution in [2.45, 2.75) is 20.8 Å². The number of sulfonamides is 1. The molecule has 0 radical (unpaired) electrons. The van der Waals surface area contributed by atoms with Gasteiger partial charge in [-0.3, -0.25) is 13.9 Å². The number of amides is 2. The van der Waals surface area contributed by atoms with Crippen molar-refractivity contribution >= 4 is 38.9 Å². The molecule has 2 N–H and O–H groups in total. The Morgan fingerprint density at radius 1 is 1.04 bits per heavy atom. The predicted molar refractivity (Wildman–Crippen MR) is 107 cm³/mol. The molecule has 0 saturated heterocycles. The number of benzene rings is 2. The largest absolute Gasteiger partial charge is 0.326 e. The molecule has 0 bridgehead atoms. The standard InChI is InChI=1S/C19H23N3O4S/c1-13-8-9-14(2)18(10-13)21-19(24)12-22(27(4,25)26)17-7-5-6-16(11-17)20-15(3)23/h5-11H,12H2,1-4H3,(H,20,23)(H,21,24). The topological polar surface area (TPSA) is 95.6 Å². The van der Waals surface area contributed by atoms with Crippen LogP contribution in [0.25, 0.3) is 0 Å². The third-order valence-electron chi connectivity index (χ3n) is 3.81. The lowest BCUT2D eigenvalue weighted by molar-refractivity contribution is -0.115. The zero-order valence-corrected chi connectivity index (χ0v) is 16.6. The molecule has 27 heavy (non-hydrogen) atoms. The van der Waals surface area contributed by atoms with Gasteiger partial charge >= 0.3 is 0 Å². The number of nitrogens with one attached hydrogen (secondary N) is 2. The summed E-state index contributed by atoms with van der Waals surface area (Å²) >= 11 is 0. The van der Waals surface area contributed by atoms with E-state index < -0.39 is 15.9 Å². The SMILES string of the molecule is CC(=O)Nc1cccc(N(CC(=O)Nc2cc(C)ccc2C)S(C)(=O)=O)c1. The Balaban J connectivity index is 2.26. The van der Waals surface area contributed by atoms with E-state index in [1.54, 1.807) is 18.2 Å². The highest BCUT2D eigenvalue weighted by Gasteiger charge is 2.21. The normalized spacial score (nSPS) is 11.0. The minimum absolute atomic E-state index is 0.272. The van der Waals surface area contributed by atoms with E-state index in [4.69, 9.17) is 0 Å². The van der Waals surface area contributed by atoms with E-state index in [9.17, 15) is 18.0 Å². The molecule has 2 amide bonds. The molecule has 0 fully saturated rings. The van der Waals surface area contributed by atoms with Gasteiger partial charge in [0.2, 0.25) is 21.8 Å². The van der Waals surface area contributed by atoms with E-state index in [0.717, 1.165) is 21.7 Å². The monoisotopic (exact) mass is 389 g/mol. The fourth-order valence-corrected chi connectivity index (χ4v) is 3.38. The van der Waals surface area contributed by atoms with Crippen molar-refractivity contribution in [2.24, 2.45) is 0 Å². The second-order valence-corrected chi connectivity index (χ2v) is 8.27. The molecule has 0 heterocycles. The summed E-state index contributed by atoms with van der Waals surface area (Å²) in [4.78, 5) is 23.7. The molecule has 144 valence electrons. The van der Waals surface area contributed by atoms with Crippen molar-refractivity contribution in [3.63, 3.8) is 0 Å². The smallest absolute Gasteiger partial charge is 0.245 e. The van der Waals surface area contributed by atoms with Gasteiger partial charge in [0.25, 0.3) is 0 Å². The van der Waals surface area contributed by atoms with Crippen LogP contribution in [0, 0.1) is 13.8 Å². The van der Waals surface area contributed by atoms with Crippen LogP contribution >= 0.6 is 0 Å². The van der Waals surface area contributed by atoms with Crippen molar-refractivity contribution < 1.29 is 18.0 Å². The lowest BCUT2D eigenvalue weighted by Gasteiger charge is -2.22. The molecule has 8 heteroatoms. The summed E-state index contributed by atoms with van der Waals surface area (Å²) in [6.07, 6.45) is 1.03. The first-order valence-electron chi connectivity index (χ1n) is 8.29. The van der Waals surface area contributed by atoms with Crippen molar-refractivity contribution in [3.05, 3.63) is 53.6 Å². The molecule has 0 saturated carbocycles. The van der Waals surface area contributed by atoms with Gasteiger partial charge in [-0.1, -0.05) is 18.2 Å². The molecule has 2 rings (SSSR count). The van der Waals surface area contributed by atoms with Crippen molar-refractivity contribution in [1.82, 2.24) is 0 Å². The third-order valence-corrected chi connectivity index (χ3v) is 4.95. The van der Waals surface area contributed by atoms with Crippen LogP contribution in [0.1, 0.15) is 18.1 Å². The van der Waals surface area contributed by atoms with Crippen LogP contribution in [-0.2, 0) is 19.6 Å². The predicted octanol–water partition coefficient (Wildman–Crippen LogP) is 2.67. The van der Waals surface area contributed by atoms with Gasteiger partial charge in [0.05, 0.1) is 11.9 Å². The fraction of sp³-hybridized carbons (Fsp3) is 0.263. The number of aryl methyl sites for hydroxylation is 2. The molecule has 2 aromatic rings. The lowest BCUT2D eigenvalue weighted by atomic mass is 10.1. The Labute approximate surface area is 159 Å². The van der Waals surface area contributed by atoms with E-state index in [-0.39, 0.29) is 12.5 Å². The summed E-state index contributed by atoms with van der Waals surface area (Å²) < 4.78 is 25.5. The lowest BCUT2D eigenvalue weighted by Crippen LogP contribution is -2.37. The van der Waals surface area contributed by atoms with Crippen LogP contribution in [0.3, 0.4) is 0 Å². The Kier molecular flexibility index (Phi) is 6.22. The molecular weight excluding hydrogens is 366 g/mol. The van der Waals surface area contributed by atoms with Gasteiger partial charge < -0.3 is 10.6 Å². The van der Waals surface area contributed by atoms with Crippen molar-refractivity contribution in [2.75, 3.05) is 27.7 Å². The first kappa shape index (κ1) is 20.4. The highest BCUT2D eigenvalue weighted by atomic mass is 32.2. The Hall–Kier alpha value is -2.87. The minimum Gasteiger partial charge on any atom is -0.326 e. The summed E-state index contributed by atoms with van der Waals surface area (Å²) in [5.41, 5.74) is 3.25. The second kappa shape index (κ2) is 8.22. The Morgan fingerprint density at radius 3 is 2.37 bits per heavy atom. The van der Waals surface area contributed by atoms with E-state index in [1.807, 2.05) is 32.0 Å². The van der Waals surface area contributed by atoms with Gasteiger partial charge in [-0.25, -0.2) is 8.42 Å². The summed E-state index contributed by atoms with van der Waals surface area (Å²) in [6, 6.07) is 12.0. The van der Waals surface area contributed by atoms with Gasteiger partial charge in [0.15, 0.2) is 0 Å². The molecule has 0 aliphatic rings. The first-order chi connectivity index (χ1) is 12.6. The van der Waals surface area contributed by atoms with Crippen LogP contribution in [0.5, 0.6) is 0 Å². The maximum Gasteiger partial charge on any atom is 0.245 e. The van der Waals surface area contributed by atoms with Crippen LogP contribution in [0.2, 0.25) is 0 Å². The molecule has 0 unspecified atom stereocenters. The van der Waals surface area contributed by atoms with Gasteiger partial charge in [-0.05, 0) is 49.2 Å². The third kappa shape index (κ3) is 5.82. The minimum atomic E-state index is -3.71. The molecule has 0 spiro atoms. The van der Waals surface area contributed by atoms with Gasteiger partial charge in [-0.2, -0.15) is 0 Å². The molecule has 0 aromatic heterocycles. The molecule has 2 aromatic carbocycles. The van der Waals surface area contributed by atoms with Crippen molar-refractivity contribution in [1.29, 1.82) is 0 Å². The average molecular weight is 389 g/mol. The number of anilines is 3. The number of carbonyl (C=O) groups excluding carboxylic acids is 2. The summed E-state index contributed by atoms with van der Waals surface area (Å²) in [5, 5.41) is 5.35. The zero-order chi connectivity index (χ0) is 20.2. The summed E-state index contributed by atoms with van der Waals surface area (Å²) in [6.45, 7) is 4.75. The van der Waals surface area contributed by atoms with Crippen LogP contribution in [0.15, 0.2) is 42.5 Å². The van der Waals surface area contributed by atoms with Gasteiger partial charge in [0, 0.05) is 18.3 Å². The average Bonchev–Trinajstić information content (AvgIpc) is 2.54. The van der Waals surface area contributed by atoms with Gasteiger partial charge in [0.1, 0.15) is 6.54 Å². The molecule has 7 nitrogen and oxygen atoms in total. The van der Waals surface area contributed by atoms with E-state index in [2.05, 4.69) is 10.6 Å². The summed E-state index contributed by atoms with van der Waals surface area (Å²) in [7, 11) is -3.71. The Morgan fingerprint density at radius 2 is 1.74 bits per heavy atom. The van der Waals surface area contributed by atoms with Crippen molar-refractivity contribution in [3.8, 4) is 0 Å². The zero-order valence-electron chi connectivity index (χ0n) is 15.7. The Bertz CT molecular complexity index is 971. The molecule has 0 aliphatic heterocycles. The number of hydrogen-bond acceptors (Lipinski definition) is 4. The highest BCUT2D eigenvalue weighted by Crippen LogP contribution is 2.22. The highest BCUT2D eigenvalue weighted by molar-refractivity contribution is 7.92. The number of hydrogen-bond donors (Lipinski definition) is 2. The fourth-order valence-electron chi connectivity index (χ4n) is 2.53. The van der Waals surface area contributed by atoms with Crippen LogP contribution in [-0.4, -0.2) is 33.0 Å². The van der Waals surface area contributed by atoms with Crippen LogP contribution in [0.4, 0.5) is 17.1 Å².